The number of nitrogens with one attached hydrogen (secondary N) is 1. The predicted molar refractivity (Wildman–Crippen MR) is 107 cm³/mol. The molecule has 0 saturated heterocycles. The first-order valence-corrected chi connectivity index (χ1v) is 9.18. The maximum Gasteiger partial charge on any atom is 0.442 e. The normalized spacial score (nSPS) is 19.0. The Kier molecular flexibility index (Phi) is 4.99. The largest absolute Gasteiger partial charge is 0.442 e. The van der Waals surface area contributed by atoms with Crippen molar-refractivity contribution in [3.8, 4) is 0 Å². The first-order valence-electron chi connectivity index (χ1n) is 9.18. The van der Waals surface area contributed by atoms with E-state index >= 15 is 0 Å². The van der Waals surface area contributed by atoms with Gasteiger partial charge in [0.2, 0.25) is 0 Å². The first kappa shape index (κ1) is 19.6. The van der Waals surface area contributed by atoms with Gasteiger partial charge < -0.3 is 5.32 Å². The number of pyridine rings is 1. The van der Waals surface area contributed by atoms with Gasteiger partial charge in [-0.1, -0.05) is 66.7 Å². The van der Waals surface area contributed by atoms with E-state index in [-0.39, 0.29) is 18.2 Å². The fourth-order valence-corrected chi connectivity index (χ4v) is 3.24. The molecule has 0 radical (unpaired) electrons. The van der Waals surface area contributed by atoms with Crippen molar-refractivity contribution in [1.29, 1.82) is 0 Å². The number of carbonyl (C=O) groups is 1. The lowest BCUT2D eigenvalue weighted by Crippen LogP contribution is -2.57. The minimum absolute atomic E-state index is 0.0465. The fourth-order valence-electron chi connectivity index (χ4n) is 3.24. The zero-order valence-corrected chi connectivity index (χ0v) is 15.7. The smallest absolute Gasteiger partial charge is 0.331 e. The Morgan fingerprint density at radius 2 is 1.53 bits per heavy atom. The molecule has 2 heterocycles. The lowest BCUT2D eigenvalue weighted by molar-refractivity contribution is -0.185. The first-order chi connectivity index (χ1) is 14.4. The molecule has 0 bridgehead atoms. The van der Waals surface area contributed by atoms with Crippen LogP contribution in [0.15, 0.2) is 90.1 Å². The number of aliphatic imine (C=N–C) groups is 1. The van der Waals surface area contributed by atoms with Crippen molar-refractivity contribution in [2.24, 2.45) is 4.99 Å². The minimum Gasteiger partial charge on any atom is -0.331 e. The number of hydrogen-bond donors (Lipinski definition) is 1. The molecule has 0 spiro atoms. The SMILES string of the molecule is O=C1N(Cc2ccccc2)C(c2ccccc2)=NC1(Nc1ccccn1)C(F)(F)F. The maximum atomic E-state index is 14.3. The number of amides is 1. The summed E-state index contributed by atoms with van der Waals surface area (Å²) >= 11 is 0. The Morgan fingerprint density at radius 3 is 2.13 bits per heavy atom. The molecule has 1 aliphatic heterocycles. The molecule has 1 aliphatic rings. The monoisotopic (exact) mass is 410 g/mol. The molecule has 1 N–H and O–H groups in total. The van der Waals surface area contributed by atoms with E-state index in [4.69, 9.17) is 0 Å². The predicted octanol–water partition coefficient (Wildman–Crippen LogP) is 4.24. The third-order valence-electron chi connectivity index (χ3n) is 4.68. The Labute approximate surface area is 170 Å². The second-order valence-electron chi connectivity index (χ2n) is 6.73. The Hall–Kier alpha value is -3.68. The summed E-state index contributed by atoms with van der Waals surface area (Å²) in [4.78, 5) is 22.2. The minimum atomic E-state index is -4.99. The van der Waals surface area contributed by atoms with Crippen molar-refractivity contribution in [3.05, 3.63) is 96.2 Å². The van der Waals surface area contributed by atoms with Crippen molar-refractivity contribution in [2.45, 2.75) is 18.4 Å². The van der Waals surface area contributed by atoms with Gasteiger partial charge in [-0.3, -0.25) is 9.69 Å². The lowest BCUT2D eigenvalue weighted by Gasteiger charge is -2.29. The maximum absolute atomic E-state index is 14.3. The Bertz CT molecular complexity index is 1060. The second kappa shape index (κ2) is 7.62. The molecular weight excluding hydrogens is 393 g/mol. The number of halogens is 3. The van der Waals surface area contributed by atoms with Crippen molar-refractivity contribution >= 4 is 17.6 Å². The third kappa shape index (κ3) is 3.52. The second-order valence-corrected chi connectivity index (χ2v) is 6.73. The summed E-state index contributed by atoms with van der Waals surface area (Å²) in [5.41, 5.74) is -2.07. The van der Waals surface area contributed by atoms with Crippen LogP contribution in [0, 0.1) is 0 Å². The van der Waals surface area contributed by atoms with E-state index in [0.29, 0.717) is 11.1 Å². The molecule has 0 fully saturated rings. The van der Waals surface area contributed by atoms with Crippen LogP contribution < -0.4 is 5.32 Å². The Balaban J connectivity index is 1.83. The highest BCUT2D eigenvalue weighted by molar-refractivity contribution is 6.16. The van der Waals surface area contributed by atoms with Gasteiger partial charge in [0.05, 0.1) is 6.54 Å². The molecule has 1 amide bonds. The summed E-state index contributed by atoms with van der Waals surface area (Å²) in [6.45, 7) is -0.0465. The number of carbonyl (C=O) groups excluding carboxylic acids is 1. The van der Waals surface area contributed by atoms with E-state index in [1.165, 1.54) is 18.3 Å². The molecule has 0 saturated carbocycles. The number of rotatable bonds is 5. The highest BCUT2D eigenvalue weighted by Gasteiger charge is 2.66. The quantitative estimate of drug-likeness (QED) is 0.685. The number of aromatic nitrogens is 1. The van der Waals surface area contributed by atoms with Gasteiger partial charge >= 0.3 is 11.8 Å². The van der Waals surface area contributed by atoms with Gasteiger partial charge in [-0.15, -0.1) is 0 Å². The van der Waals surface area contributed by atoms with Crippen LogP contribution in [-0.2, 0) is 11.3 Å². The van der Waals surface area contributed by atoms with Gasteiger partial charge in [0.1, 0.15) is 11.7 Å². The van der Waals surface area contributed by atoms with Gasteiger partial charge in [-0.2, -0.15) is 13.2 Å². The molecule has 3 aromatic rings. The highest BCUT2D eigenvalue weighted by Crippen LogP contribution is 2.41. The van der Waals surface area contributed by atoms with Crippen molar-refractivity contribution in [3.63, 3.8) is 0 Å². The molecular formula is C22H17F3N4O. The summed E-state index contributed by atoms with van der Waals surface area (Å²) < 4.78 is 42.9. The summed E-state index contributed by atoms with van der Waals surface area (Å²) in [6.07, 6.45) is -3.65. The number of amidine groups is 1. The average molecular weight is 410 g/mol. The van der Waals surface area contributed by atoms with Crippen LogP contribution in [0.1, 0.15) is 11.1 Å². The summed E-state index contributed by atoms with van der Waals surface area (Å²) in [5.74, 6) is -1.35. The van der Waals surface area contributed by atoms with E-state index in [2.05, 4.69) is 15.3 Å². The van der Waals surface area contributed by atoms with Gasteiger partial charge in [-0.05, 0) is 17.7 Å². The zero-order chi connectivity index (χ0) is 21.2. The standard InChI is InChI=1S/C22H17F3N4O/c23-22(24,25)21(27-18-13-7-8-14-26-18)20(30)29(15-16-9-3-1-4-10-16)19(28-21)17-11-5-2-6-12-17/h1-14H,15H2,(H,26,27). The number of nitrogens with zero attached hydrogens (tertiary/aromatic N) is 3. The molecule has 5 nitrogen and oxygen atoms in total. The molecule has 2 aromatic carbocycles. The van der Waals surface area contributed by atoms with Crippen LogP contribution in [-0.4, -0.2) is 33.5 Å². The molecule has 152 valence electrons. The summed E-state index contributed by atoms with van der Waals surface area (Å²) in [5, 5.41) is 2.24. The van der Waals surface area contributed by atoms with E-state index in [9.17, 15) is 18.0 Å². The van der Waals surface area contributed by atoms with Gasteiger partial charge in [-0.25, -0.2) is 9.98 Å². The van der Waals surface area contributed by atoms with E-state index in [1.807, 2.05) is 0 Å². The van der Waals surface area contributed by atoms with Crippen molar-refractivity contribution < 1.29 is 18.0 Å². The van der Waals surface area contributed by atoms with Crippen molar-refractivity contribution in [1.82, 2.24) is 9.88 Å². The van der Waals surface area contributed by atoms with Crippen molar-refractivity contribution in [2.75, 3.05) is 5.32 Å². The molecule has 8 heteroatoms. The molecule has 1 unspecified atom stereocenters. The van der Waals surface area contributed by atoms with Gasteiger partial charge in [0.25, 0.3) is 5.91 Å². The number of benzene rings is 2. The Morgan fingerprint density at radius 1 is 0.900 bits per heavy atom. The third-order valence-corrected chi connectivity index (χ3v) is 4.68. The van der Waals surface area contributed by atoms with Gasteiger partial charge in [0.15, 0.2) is 0 Å². The molecule has 0 aliphatic carbocycles. The van der Waals surface area contributed by atoms with Crippen LogP contribution in [0.2, 0.25) is 0 Å². The number of anilines is 1. The summed E-state index contributed by atoms with van der Waals surface area (Å²) in [7, 11) is 0. The number of alkyl halides is 3. The topological polar surface area (TPSA) is 57.6 Å². The van der Waals surface area contributed by atoms with E-state index < -0.39 is 17.7 Å². The summed E-state index contributed by atoms with van der Waals surface area (Å²) in [6, 6.07) is 21.6. The zero-order valence-electron chi connectivity index (χ0n) is 15.7. The highest BCUT2D eigenvalue weighted by atomic mass is 19.4. The van der Waals surface area contributed by atoms with Crippen LogP contribution in [0.5, 0.6) is 0 Å². The average Bonchev–Trinajstić information content (AvgIpc) is 3.03. The fraction of sp³-hybridized carbons (Fsp3) is 0.136. The van der Waals surface area contributed by atoms with Gasteiger partial charge in [0, 0.05) is 11.8 Å². The van der Waals surface area contributed by atoms with Crippen LogP contribution in [0.4, 0.5) is 19.0 Å². The van der Waals surface area contributed by atoms with Crippen LogP contribution in [0.3, 0.4) is 0 Å². The van der Waals surface area contributed by atoms with Crippen LogP contribution >= 0.6 is 0 Å². The molecule has 1 aromatic heterocycles. The lowest BCUT2D eigenvalue weighted by atomic mass is 10.1. The molecule has 4 rings (SSSR count). The molecule has 30 heavy (non-hydrogen) atoms. The van der Waals surface area contributed by atoms with Crippen LogP contribution in [0.25, 0.3) is 0 Å². The van der Waals surface area contributed by atoms with E-state index in [1.54, 1.807) is 66.7 Å². The molecule has 1 atom stereocenters. The van der Waals surface area contributed by atoms with E-state index in [0.717, 1.165) is 4.90 Å². The number of hydrogen-bond acceptors (Lipinski definition) is 4.